The molecule has 0 saturated heterocycles. The number of nitrogens with zero attached hydrogens (tertiary/aromatic N) is 2. The van der Waals surface area contributed by atoms with Crippen LogP contribution in [0, 0.1) is 12.8 Å². The summed E-state index contributed by atoms with van der Waals surface area (Å²) < 4.78 is 29.2. The van der Waals surface area contributed by atoms with E-state index in [1.54, 1.807) is 42.5 Å². The molecular formula is C33H41Cl2N3O4S. The smallest absolute Gasteiger partial charge is 0.264 e. The second kappa shape index (κ2) is 15.1. The van der Waals surface area contributed by atoms with Crippen molar-refractivity contribution in [3.05, 3.63) is 93.5 Å². The van der Waals surface area contributed by atoms with Crippen LogP contribution in [0.25, 0.3) is 0 Å². The standard InChI is InChI=1S/C33H41Cl2N3O4S/c1-7-31(33(40)36-19-22(2)3)37(20-25-10-17-29(34)30(35)18-25)32(39)21-38(27-13-11-26(12-14-27)23(4)5)43(41,42)28-15-8-24(6)9-16-28/h8-18,22-23,31H,7,19-21H2,1-6H3,(H,36,40). The zero-order valence-electron chi connectivity index (χ0n) is 25.6. The van der Waals surface area contributed by atoms with Gasteiger partial charge in [0.25, 0.3) is 10.0 Å². The fraction of sp³-hybridized carbons (Fsp3) is 0.394. The van der Waals surface area contributed by atoms with E-state index in [1.807, 2.05) is 39.8 Å². The lowest BCUT2D eigenvalue weighted by molar-refractivity contribution is -0.140. The zero-order valence-corrected chi connectivity index (χ0v) is 27.9. The van der Waals surface area contributed by atoms with E-state index < -0.39 is 28.5 Å². The molecule has 1 atom stereocenters. The lowest BCUT2D eigenvalue weighted by Crippen LogP contribution is -2.52. The van der Waals surface area contributed by atoms with Crippen molar-refractivity contribution in [1.82, 2.24) is 10.2 Å². The first-order chi connectivity index (χ1) is 20.2. The molecule has 0 aliphatic carbocycles. The van der Waals surface area contributed by atoms with Crippen LogP contribution in [0.2, 0.25) is 10.0 Å². The number of aryl methyl sites for hydroxylation is 1. The molecule has 232 valence electrons. The van der Waals surface area contributed by atoms with E-state index in [9.17, 15) is 18.0 Å². The molecule has 0 radical (unpaired) electrons. The Labute approximate surface area is 266 Å². The molecule has 0 bridgehead atoms. The number of carbonyl (C=O) groups excluding carboxylic acids is 2. The predicted molar refractivity (Wildman–Crippen MR) is 175 cm³/mol. The summed E-state index contributed by atoms with van der Waals surface area (Å²) in [5.41, 5.74) is 2.96. The summed E-state index contributed by atoms with van der Waals surface area (Å²) in [6.45, 7) is 11.7. The second-order valence-corrected chi connectivity index (χ2v) is 14.1. The van der Waals surface area contributed by atoms with Gasteiger partial charge in [-0.25, -0.2) is 8.42 Å². The van der Waals surface area contributed by atoms with Gasteiger partial charge in [0.05, 0.1) is 20.6 Å². The number of benzene rings is 3. The minimum Gasteiger partial charge on any atom is -0.354 e. The highest BCUT2D eigenvalue weighted by Gasteiger charge is 2.33. The van der Waals surface area contributed by atoms with Crippen molar-refractivity contribution < 1.29 is 18.0 Å². The maximum absolute atomic E-state index is 14.2. The molecule has 1 unspecified atom stereocenters. The molecule has 3 aromatic carbocycles. The van der Waals surface area contributed by atoms with Gasteiger partial charge in [0.2, 0.25) is 11.8 Å². The lowest BCUT2D eigenvalue weighted by Gasteiger charge is -2.33. The normalized spacial score (nSPS) is 12.3. The van der Waals surface area contributed by atoms with Crippen LogP contribution in [0.3, 0.4) is 0 Å². The predicted octanol–water partition coefficient (Wildman–Crippen LogP) is 7.20. The van der Waals surface area contributed by atoms with Gasteiger partial charge < -0.3 is 10.2 Å². The van der Waals surface area contributed by atoms with Gasteiger partial charge in [0.1, 0.15) is 12.6 Å². The Kier molecular flexibility index (Phi) is 12.1. The van der Waals surface area contributed by atoms with Crippen LogP contribution in [0.1, 0.15) is 63.6 Å². The molecular weight excluding hydrogens is 605 g/mol. The summed E-state index contributed by atoms with van der Waals surface area (Å²) in [5, 5.41) is 3.61. The minimum atomic E-state index is -4.15. The van der Waals surface area contributed by atoms with Crippen molar-refractivity contribution >= 4 is 50.7 Å². The fourth-order valence-corrected chi connectivity index (χ4v) is 6.30. The first-order valence-corrected chi connectivity index (χ1v) is 16.6. The molecule has 3 rings (SSSR count). The van der Waals surface area contributed by atoms with Crippen molar-refractivity contribution in [3.63, 3.8) is 0 Å². The highest BCUT2D eigenvalue weighted by atomic mass is 35.5. The third-order valence-corrected chi connectivity index (χ3v) is 9.67. The Hall–Kier alpha value is -3.07. The molecule has 0 fully saturated rings. The number of sulfonamides is 1. The highest BCUT2D eigenvalue weighted by Crippen LogP contribution is 2.28. The van der Waals surface area contributed by atoms with E-state index in [2.05, 4.69) is 19.2 Å². The number of nitrogens with one attached hydrogen (secondary N) is 1. The number of anilines is 1. The van der Waals surface area contributed by atoms with Gasteiger partial charge in [0, 0.05) is 13.1 Å². The van der Waals surface area contributed by atoms with E-state index in [0.29, 0.717) is 34.3 Å². The SMILES string of the molecule is CCC(C(=O)NCC(C)C)N(Cc1ccc(Cl)c(Cl)c1)C(=O)CN(c1ccc(C(C)C)cc1)S(=O)(=O)c1ccc(C)cc1. The maximum Gasteiger partial charge on any atom is 0.264 e. The van der Waals surface area contributed by atoms with Crippen LogP contribution in [0.15, 0.2) is 71.6 Å². The van der Waals surface area contributed by atoms with Crippen molar-refractivity contribution in [1.29, 1.82) is 0 Å². The first-order valence-electron chi connectivity index (χ1n) is 14.4. The molecule has 0 spiro atoms. The van der Waals surface area contributed by atoms with Crippen LogP contribution in [-0.2, 0) is 26.2 Å². The van der Waals surface area contributed by atoms with Crippen LogP contribution in [0.4, 0.5) is 5.69 Å². The Morgan fingerprint density at radius 2 is 1.51 bits per heavy atom. The number of amides is 2. The fourth-order valence-electron chi connectivity index (χ4n) is 4.57. The number of hydrogen-bond donors (Lipinski definition) is 1. The molecule has 7 nitrogen and oxygen atoms in total. The van der Waals surface area contributed by atoms with E-state index in [1.165, 1.54) is 17.0 Å². The summed E-state index contributed by atoms with van der Waals surface area (Å²) in [4.78, 5) is 29.1. The van der Waals surface area contributed by atoms with Gasteiger partial charge in [-0.1, -0.05) is 93.7 Å². The average molecular weight is 647 g/mol. The molecule has 0 heterocycles. The molecule has 1 N–H and O–H groups in total. The highest BCUT2D eigenvalue weighted by molar-refractivity contribution is 7.92. The summed E-state index contributed by atoms with van der Waals surface area (Å²) >= 11 is 12.4. The van der Waals surface area contributed by atoms with E-state index >= 15 is 0 Å². The van der Waals surface area contributed by atoms with Crippen LogP contribution >= 0.6 is 23.2 Å². The van der Waals surface area contributed by atoms with Crippen molar-refractivity contribution in [2.75, 3.05) is 17.4 Å². The van der Waals surface area contributed by atoms with Crippen LogP contribution < -0.4 is 9.62 Å². The average Bonchev–Trinajstić information content (AvgIpc) is 2.96. The van der Waals surface area contributed by atoms with Gasteiger partial charge in [-0.3, -0.25) is 13.9 Å². The first kappa shape index (κ1) is 34.4. The summed E-state index contributed by atoms with van der Waals surface area (Å²) in [6, 6.07) is 17.8. The summed E-state index contributed by atoms with van der Waals surface area (Å²) in [5.74, 6) is -0.376. The Balaban J connectivity index is 2.08. The van der Waals surface area contributed by atoms with Crippen molar-refractivity contribution in [3.8, 4) is 0 Å². The monoisotopic (exact) mass is 645 g/mol. The zero-order chi connectivity index (χ0) is 31.9. The molecule has 2 amide bonds. The topological polar surface area (TPSA) is 86.8 Å². The Morgan fingerprint density at radius 1 is 0.884 bits per heavy atom. The third-order valence-electron chi connectivity index (χ3n) is 7.14. The third kappa shape index (κ3) is 8.97. The van der Waals surface area contributed by atoms with E-state index in [4.69, 9.17) is 23.2 Å². The molecule has 0 aromatic heterocycles. The second-order valence-electron chi connectivity index (χ2n) is 11.4. The van der Waals surface area contributed by atoms with Gasteiger partial charge in [-0.15, -0.1) is 0 Å². The van der Waals surface area contributed by atoms with Gasteiger partial charge in [0.15, 0.2) is 0 Å². The number of rotatable bonds is 13. The van der Waals surface area contributed by atoms with E-state index in [0.717, 1.165) is 15.4 Å². The van der Waals surface area contributed by atoms with Gasteiger partial charge in [-0.05, 0) is 72.7 Å². The van der Waals surface area contributed by atoms with Gasteiger partial charge in [-0.2, -0.15) is 0 Å². The Bertz CT molecular complexity index is 1510. The molecule has 0 aliphatic rings. The Morgan fingerprint density at radius 3 is 2.05 bits per heavy atom. The number of halogens is 2. The minimum absolute atomic E-state index is 0.0357. The lowest BCUT2D eigenvalue weighted by atomic mass is 10.0. The van der Waals surface area contributed by atoms with Crippen molar-refractivity contribution in [2.45, 2.75) is 71.4 Å². The maximum atomic E-state index is 14.2. The molecule has 43 heavy (non-hydrogen) atoms. The quantitative estimate of drug-likeness (QED) is 0.213. The molecule has 0 saturated carbocycles. The van der Waals surface area contributed by atoms with Crippen molar-refractivity contribution in [2.24, 2.45) is 5.92 Å². The van der Waals surface area contributed by atoms with E-state index in [-0.39, 0.29) is 29.2 Å². The molecule has 0 aliphatic heterocycles. The van der Waals surface area contributed by atoms with Gasteiger partial charge >= 0.3 is 0 Å². The number of hydrogen-bond acceptors (Lipinski definition) is 4. The number of carbonyl (C=O) groups is 2. The van der Waals surface area contributed by atoms with Crippen LogP contribution in [-0.4, -0.2) is 44.3 Å². The summed E-state index contributed by atoms with van der Waals surface area (Å²) in [7, 11) is -4.15. The largest absolute Gasteiger partial charge is 0.354 e. The molecule has 10 heteroatoms. The van der Waals surface area contributed by atoms with Crippen LogP contribution in [0.5, 0.6) is 0 Å². The molecule has 3 aromatic rings. The summed E-state index contributed by atoms with van der Waals surface area (Å²) in [6.07, 6.45) is 0.324.